The molecule has 3 aromatic carbocycles. The Labute approximate surface area is 158 Å². The van der Waals surface area contributed by atoms with E-state index in [9.17, 15) is 21.6 Å². The second kappa shape index (κ2) is 6.72. The summed E-state index contributed by atoms with van der Waals surface area (Å²) >= 11 is 0. The van der Waals surface area contributed by atoms with Crippen LogP contribution in [0, 0.1) is 17.5 Å². The maximum absolute atomic E-state index is 14.0. The Hall–Kier alpha value is -3.26. The Morgan fingerprint density at radius 1 is 0.821 bits per heavy atom. The zero-order valence-corrected chi connectivity index (χ0v) is 15.0. The third-order valence-electron chi connectivity index (χ3n) is 4.28. The third-order valence-corrected chi connectivity index (χ3v) is 5.66. The zero-order valence-electron chi connectivity index (χ0n) is 14.2. The van der Waals surface area contributed by atoms with Crippen molar-refractivity contribution in [1.82, 2.24) is 4.98 Å². The lowest BCUT2D eigenvalue weighted by Gasteiger charge is -2.12. The number of sulfonamides is 1. The number of fused-ring (bicyclic) bond motifs is 1. The summed E-state index contributed by atoms with van der Waals surface area (Å²) in [5.41, 5.74) is 2.19. The molecule has 4 nitrogen and oxygen atoms in total. The minimum absolute atomic E-state index is 0.165. The zero-order chi connectivity index (χ0) is 19.9. The van der Waals surface area contributed by atoms with Gasteiger partial charge in [-0.25, -0.2) is 21.6 Å². The van der Waals surface area contributed by atoms with Crippen molar-refractivity contribution in [3.8, 4) is 11.3 Å². The molecule has 0 spiro atoms. The highest BCUT2D eigenvalue weighted by atomic mass is 32.2. The molecule has 0 radical (unpaired) electrons. The van der Waals surface area contributed by atoms with E-state index in [0.717, 1.165) is 10.9 Å². The number of anilines is 1. The first-order valence-electron chi connectivity index (χ1n) is 8.20. The van der Waals surface area contributed by atoms with Crippen LogP contribution >= 0.6 is 0 Å². The molecule has 0 saturated carbocycles. The predicted octanol–water partition coefficient (Wildman–Crippen LogP) is 5.05. The van der Waals surface area contributed by atoms with Crippen LogP contribution in [0.25, 0.3) is 22.2 Å². The molecule has 0 aliphatic carbocycles. The Bertz CT molecular complexity index is 1270. The minimum Gasteiger partial charge on any atom is -0.354 e. The van der Waals surface area contributed by atoms with E-state index in [2.05, 4.69) is 9.71 Å². The Balaban J connectivity index is 1.78. The van der Waals surface area contributed by atoms with Crippen molar-refractivity contribution >= 4 is 26.6 Å². The summed E-state index contributed by atoms with van der Waals surface area (Å²) in [5, 5.41) is 0.932. The molecular weight excluding hydrogens is 389 g/mol. The first kappa shape index (κ1) is 18.1. The van der Waals surface area contributed by atoms with Crippen LogP contribution in [-0.2, 0) is 10.0 Å². The number of para-hydroxylation sites is 2. The smallest absolute Gasteiger partial charge is 0.264 e. The maximum atomic E-state index is 14.0. The summed E-state index contributed by atoms with van der Waals surface area (Å²) < 4.78 is 68.0. The number of nitrogens with one attached hydrogen (secondary N) is 2. The predicted molar refractivity (Wildman–Crippen MR) is 101 cm³/mol. The number of benzene rings is 3. The van der Waals surface area contributed by atoms with Crippen LogP contribution in [0.2, 0.25) is 0 Å². The molecule has 8 heteroatoms. The molecule has 4 aromatic rings. The molecule has 2 N–H and O–H groups in total. The number of halogens is 3. The molecular formula is C20H13F3N2O2S. The van der Waals surface area contributed by atoms with Gasteiger partial charge < -0.3 is 4.98 Å². The van der Waals surface area contributed by atoms with Crippen LogP contribution in [0.4, 0.5) is 18.9 Å². The van der Waals surface area contributed by atoms with Gasteiger partial charge in [0, 0.05) is 22.2 Å². The molecule has 0 amide bonds. The number of rotatable bonds is 4. The van der Waals surface area contributed by atoms with E-state index in [4.69, 9.17) is 0 Å². The lowest BCUT2D eigenvalue weighted by Crippen LogP contribution is -2.16. The average Bonchev–Trinajstić information content (AvgIpc) is 3.10. The lowest BCUT2D eigenvalue weighted by atomic mass is 10.1. The van der Waals surface area contributed by atoms with Crippen molar-refractivity contribution in [2.75, 3.05) is 4.72 Å². The fourth-order valence-electron chi connectivity index (χ4n) is 2.94. The molecule has 0 fully saturated rings. The van der Waals surface area contributed by atoms with Crippen molar-refractivity contribution in [3.63, 3.8) is 0 Å². The summed E-state index contributed by atoms with van der Waals surface area (Å²) in [5.74, 6) is -5.07. The van der Waals surface area contributed by atoms with E-state index >= 15 is 0 Å². The van der Waals surface area contributed by atoms with Crippen molar-refractivity contribution < 1.29 is 21.6 Å². The quantitative estimate of drug-likeness (QED) is 0.469. The summed E-state index contributed by atoms with van der Waals surface area (Å²) in [6.07, 6.45) is 0. The Kier molecular flexibility index (Phi) is 4.35. The van der Waals surface area contributed by atoms with Gasteiger partial charge in [-0.1, -0.05) is 36.4 Å². The highest BCUT2D eigenvalue weighted by molar-refractivity contribution is 7.92. The summed E-state index contributed by atoms with van der Waals surface area (Å²) in [6, 6.07) is 17.1. The van der Waals surface area contributed by atoms with Crippen molar-refractivity contribution in [3.05, 3.63) is 84.2 Å². The van der Waals surface area contributed by atoms with Crippen molar-refractivity contribution in [2.24, 2.45) is 0 Å². The van der Waals surface area contributed by atoms with Gasteiger partial charge in [0.15, 0.2) is 17.5 Å². The molecule has 1 aromatic heterocycles. The lowest BCUT2D eigenvalue weighted by molar-refractivity contribution is 0.432. The van der Waals surface area contributed by atoms with E-state index in [0.29, 0.717) is 23.4 Å². The molecule has 142 valence electrons. The van der Waals surface area contributed by atoms with E-state index in [1.165, 1.54) is 6.07 Å². The van der Waals surface area contributed by atoms with Gasteiger partial charge in [0.05, 0.1) is 5.69 Å². The van der Waals surface area contributed by atoms with Crippen LogP contribution in [0.15, 0.2) is 71.6 Å². The average molecular weight is 402 g/mol. The molecule has 0 saturated heterocycles. The second-order valence-electron chi connectivity index (χ2n) is 6.09. The number of aromatic nitrogens is 1. The summed E-state index contributed by atoms with van der Waals surface area (Å²) in [4.78, 5) is 2.21. The molecule has 28 heavy (non-hydrogen) atoms. The van der Waals surface area contributed by atoms with Gasteiger partial charge in [-0.15, -0.1) is 0 Å². The van der Waals surface area contributed by atoms with Gasteiger partial charge in [-0.2, -0.15) is 0 Å². The molecule has 0 aliphatic rings. The third kappa shape index (κ3) is 3.11. The monoisotopic (exact) mass is 402 g/mol. The van der Waals surface area contributed by atoms with Gasteiger partial charge in [0.25, 0.3) is 10.0 Å². The van der Waals surface area contributed by atoms with Crippen LogP contribution in [-0.4, -0.2) is 13.4 Å². The molecule has 0 bridgehead atoms. The topological polar surface area (TPSA) is 62.0 Å². The van der Waals surface area contributed by atoms with Crippen LogP contribution in [0.3, 0.4) is 0 Å². The van der Waals surface area contributed by atoms with E-state index in [-0.39, 0.29) is 5.69 Å². The van der Waals surface area contributed by atoms with E-state index in [1.807, 2.05) is 30.3 Å². The fourth-order valence-corrected chi connectivity index (χ4v) is 4.09. The number of hydrogen-bond donors (Lipinski definition) is 2. The summed E-state index contributed by atoms with van der Waals surface area (Å²) in [7, 11) is -4.49. The van der Waals surface area contributed by atoms with Gasteiger partial charge in [0.2, 0.25) is 0 Å². The van der Waals surface area contributed by atoms with Crippen LogP contribution in [0.1, 0.15) is 0 Å². The Morgan fingerprint density at radius 3 is 2.32 bits per heavy atom. The molecule has 0 atom stereocenters. The highest BCUT2D eigenvalue weighted by Crippen LogP contribution is 2.32. The maximum Gasteiger partial charge on any atom is 0.264 e. The number of hydrogen-bond acceptors (Lipinski definition) is 2. The van der Waals surface area contributed by atoms with E-state index < -0.39 is 32.4 Å². The second-order valence-corrected chi connectivity index (χ2v) is 7.75. The van der Waals surface area contributed by atoms with Gasteiger partial charge in [0.1, 0.15) is 4.90 Å². The standard InChI is InChI=1S/C20H13F3N2O2S/c21-14-9-10-18(20(23)19(14)22)28(26,27)25-16-8-4-2-6-13(16)17-11-12-5-1-3-7-15(12)24-17/h1-11,24-25H. The normalized spacial score (nSPS) is 11.7. The largest absolute Gasteiger partial charge is 0.354 e. The van der Waals surface area contributed by atoms with Crippen LogP contribution < -0.4 is 4.72 Å². The molecule has 1 heterocycles. The van der Waals surface area contributed by atoms with Gasteiger partial charge in [-0.05, 0) is 30.3 Å². The van der Waals surface area contributed by atoms with Crippen molar-refractivity contribution in [2.45, 2.75) is 4.90 Å². The molecule has 4 rings (SSSR count). The molecule has 0 unspecified atom stereocenters. The SMILES string of the molecule is O=S(=O)(Nc1ccccc1-c1cc2ccccc2[nH]1)c1ccc(F)c(F)c1F. The fraction of sp³-hybridized carbons (Fsp3) is 0. The van der Waals surface area contributed by atoms with Gasteiger partial charge in [-0.3, -0.25) is 4.72 Å². The minimum atomic E-state index is -4.49. The Morgan fingerprint density at radius 2 is 1.54 bits per heavy atom. The van der Waals surface area contributed by atoms with Gasteiger partial charge >= 0.3 is 0 Å². The van der Waals surface area contributed by atoms with Crippen molar-refractivity contribution in [1.29, 1.82) is 0 Å². The van der Waals surface area contributed by atoms with E-state index in [1.54, 1.807) is 18.2 Å². The first-order chi connectivity index (χ1) is 13.4. The number of aromatic amines is 1. The number of H-pyrrole nitrogens is 1. The first-order valence-corrected chi connectivity index (χ1v) is 9.68. The highest BCUT2D eigenvalue weighted by Gasteiger charge is 2.25. The summed E-state index contributed by atoms with van der Waals surface area (Å²) in [6.45, 7) is 0. The molecule has 0 aliphatic heterocycles. The van der Waals surface area contributed by atoms with Crippen LogP contribution in [0.5, 0.6) is 0 Å².